The molecule has 1 aliphatic heterocycles. The number of benzene rings is 2. The minimum absolute atomic E-state index is 0. The van der Waals surface area contributed by atoms with Crippen LogP contribution in [0.4, 0.5) is 5.69 Å². The summed E-state index contributed by atoms with van der Waals surface area (Å²) in [6.07, 6.45) is 2.46. The van der Waals surface area contributed by atoms with Gasteiger partial charge in [0.25, 0.3) is 0 Å². The molecule has 2 aliphatic rings. The SMILES string of the molecule is O=C([O-])c1cccc2c1OCCN2Cc1cc(Cl)ccc1OCC1CC1.[Na+]. The van der Waals surface area contributed by atoms with Crippen LogP contribution >= 0.6 is 11.6 Å². The molecule has 2 aromatic carbocycles. The Kier molecular flexibility index (Phi) is 6.58. The molecule has 2 aromatic rings. The van der Waals surface area contributed by atoms with Gasteiger partial charge in [0, 0.05) is 22.7 Å². The van der Waals surface area contributed by atoms with Crippen molar-refractivity contribution in [3.8, 4) is 11.5 Å². The van der Waals surface area contributed by atoms with Gasteiger partial charge in [-0.15, -0.1) is 0 Å². The Morgan fingerprint density at radius 2 is 2.11 bits per heavy atom. The molecule has 27 heavy (non-hydrogen) atoms. The van der Waals surface area contributed by atoms with Gasteiger partial charge < -0.3 is 24.3 Å². The minimum Gasteiger partial charge on any atom is -0.545 e. The van der Waals surface area contributed by atoms with Crippen LogP contribution in [0.2, 0.25) is 5.02 Å². The Hall–Kier alpha value is -1.40. The third-order valence-electron chi connectivity index (χ3n) is 4.72. The van der Waals surface area contributed by atoms with E-state index in [0.29, 0.717) is 36.4 Å². The predicted octanol–water partition coefficient (Wildman–Crippen LogP) is -0.105. The Balaban J connectivity index is 0.00000210. The van der Waals surface area contributed by atoms with E-state index in [1.807, 2.05) is 24.3 Å². The van der Waals surface area contributed by atoms with Gasteiger partial charge >= 0.3 is 29.6 Å². The van der Waals surface area contributed by atoms with Crippen LogP contribution < -0.4 is 49.0 Å². The molecule has 0 bridgehead atoms. The van der Waals surface area contributed by atoms with Gasteiger partial charge in [-0.05, 0) is 49.1 Å². The predicted molar refractivity (Wildman–Crippen MR) is 97.0 cm³/mol. The number of carboxylic acids is 1. The fraction of sp³-hybridized carbons (Fsp3) is 0.350. The average Bonchev–Trinajstić information content (AvgIpc) is 3.45. The van der Waals surface area contributed by atoms with E-state index in [-0.39, 0.29) is 35.1 Å². The molecule has 0 unspecified atom stereocenters. The van der Waals surface area contributed by atoms with Gasteiger partial charge in [0.1, 0.15) is 12.4 Å². The summed E-state index contributed by atoms with van der Waals surface area (Å²) in [7, 11) is 0. The monoisotopic (exact) mass is 395 g/mol. The largest absolute Gasteiger partial charge is 1.00 e. The van der Waals surface area contributed by atoms with E-state index in [0.717, 1.165) is 23.6 Å². The molecular formula is C20H19ClNNaO4. The number of ether oxygens (including phenoxy) is 2. The van der Waals surface area contributed by atoms with E-state index >= 15 is 0 Å². The van der Waals surface area contributed by atoms with Crippen molar-refractivity contribution in [1.82, 2.24) is 0 Å². The van der Waals surface area contributed by atoms with E-state index in [4.69, 9.17) is 21.1 Å². The third kappa shape index (κ3) is 4.72. The van der Waals surface area contributed by atoms with Crippen LogP contribution in [-0.4, -0.2) is 25.7 Å². The molecule has 0 aromatic heterocycles. The third-order valence-corrected chi connectivity index (χ3v) is 4.95. The molecule has 5 nitrogen and oxygen atoms in total. The summed E-state index contributed by atoms with van der Waals surface area (Å²) in [5.74, 6) is 0.611. The van der Waals surface area contributed by atoms with Crippen molar-refractivity contribution in [3.05, 3.63) is 52.5 Å². The summed E-state index contributed by atoms with van der Waals surface area (Å²) < 4.78 is 11.6. The number of hydrogen-bond donors (Lipinski definition) is 0. The maximum absolute atomic E-state index is 11.3. The Morgan fingerprint density at radius 1 is 1.30 bits per heavy atom. The first-order chi connectivity index (χ1) is 12.6. The van der Waals surface area contributed by atoms with E-state index < -0.39 is 5.97 Å². The summed E-state index contributed by atoms with van der Waals surface area (Å²) in [6, 6.07) is 10.7. The molecule has 1 fully saturated rings. The molecule has 1 aliphatic carbocycles. The van der Waals surface area contributed by atoms with Crippen LogP contribution in [0.15, 0.2) is 36.4 Å². The van der Waals surface area contributed by atoms with Gasteiger partial charge in [0.2, 0.25) is 0 Å². The van der Waals surface area contributed by atoms with Crippen molar-refractivity contribution in [2.24, 2.45) is 5.92 Å². The number of anilines is 1. The second-order valence-corrected chi connectivity index (χ2v) is 7.15. The zero-order valence-electron chi connectivity index (χ0n) is 15.2. The number of halogens is 1. The van der Waals surface area contributed by atoms with E-state index in [9.17, 15) is 9.90 Å². The molecule has 0 radical (unpaired) electrons. The van der Waals surface area contributed by atoms with Gasteiger partial charge in [-0.1, -0.05) is 17.7 Å². The Morgan fingerprint density at radius 3 is 2.85 bits per heavy atom. The summed E-state index contributed by atoms with van der Waals surface area (Å²) in [5.41, 5.74) is 1.79. The molecule has 0 saturated heterocycles. The summed E-state index contributed by atoms with van der Waals surface area (Å²) >= 11 is 6.19. The number of carboxylic acid groups (broad SMARTS) is 1. The molecular weight excluding hydrogens is 377 g/mol. The molecule has 1 saturated carbocycles. The molecule has 4 rings (SSSR count). The molecule has 0 spiro atoms. The maximum atomic E-state index is 11.3. The van der Waals surface area contributed by atoms with Gasteiger partial charge in [0.15, 0.2) is 5.75 Å². The van der Waals surface area contributed by atoms with Gasteiger partial charge in [-0.2, -0.15) is 0 Å². The second kappa shape index (κ2) is 8.74. The van der Waals surface area contributed by atoms with Crippen LogP contribution in [0.5, 0.6) is 11.5 Å². The van der Waals surface area contributed by atoms with E-state index in [1.165, 1.54) is 18.9 Å². The summed E-state index contributed by atoms with van der Waals surface area (Å²) in [4.78, 5) is 13.4. The summed E-state index contributed by atoms with van der Waals surface area (Å²) in [6.45, 7) is 2.35. The normalized spacial score (nSPS) is 15.4. The molecule has 0 amide bonds. The number of hydrogen-bond acceptors (Lipinski definition) is 5. The zero-order valence-corrected chi connectivity index (χ0v) is 18.0. The second-order valence-electron chi connectivity index (χ2n) is 6.72. The smallest absolute Gasteiger partial charge is 0.545 e. The van der Waals surface area contributed by atoms with Crippen molar-refractivity contribution in [2.45, 2.75) is 19.4 Å². The molecule has 7 heteroatoms. The van der Waals surface area contributed by atoms with Gasteiger partial charge in [-0.3, -0.25) is 0 Å². The number of rotatable bonds is 6. The van der Waals surface area contributed by atoms with Crippen LogP contribution in [0.1, 0.15) is 28.8 Å². The Labute approximate surface area is 185 Å². The number of carbonyl (C=O) groups excluding carboxylic acids is 1. The minimum atomic E-state index is -1.24. The first-order valence-corrected chi connectivity index (χ1v) is 9.13. The fourth-order valence-electron chi connectivity index (χ4n) is 3.14. The zero-order chi connectivity index (χ0) is 18.1. The van der Waals surface area contributed by atoms with Crippen molar-refractivity contribution >= 4 is 23.3 Å². The van der Waals surface area contributed by atoms with E-state index in [1.54, 1.807) is 6.07 Å². The fourth-order valence-corrected chi connectivity index (χ4v) is 3.33. The van der Waals surface area contributed by atoms with Crippen LogP contribution in [-0.2, 0) is 6.54 Å². The Bertz CT molecular complexity index is 841. The quantitative estimate of drug-likeness (QED) is 0.639. The van der Waals surface area contributed by atoms with Gasteiger partial charge in [-0.25, -0.2) is 0 Å². The number of nitrogens with zero attached hydrogens (tertiary/aromatic N) is 1. The average molecular weight is 396 g/mol. The van der Waals surface area contributed by atoms with Crippen LogP contribution in [0, 0.1) is 5.92 Å². The standard InChI is InChI=1S/C20H20ClNO4.Na/c21-15-6-7-18(26-12-13-4-5-13)14(10-15)11-22-8-9-25-19-16(20(23)24)2-1-3-17(19)22;/h1-3,6-7,10,13H,4-5,8-9,11-12H2,(H,23,24);/q;+1/p-1. The number of aromatic carboxylic acids is 1. The van der Waals surface area contributed by atoms with Crippen molar-refractivity contribution in [2.75, 3.05) is 24.7 Å². The number of para-hydroxylation sites is 1. The number of carbonyl (C=O) groups is 1. The first kappa shape index (κ1) is 20.3. The molecule has 136 valence electrons. The van der Waals surface area contributed by atoms with Crippen molar-refractivity contribution in [3.63, 3.8) is 0 Å². The van der Waals surface area contributed by atoms with E-state index in [2.05, 4.69) is 4.90 Å². The molecule has 1 heterocycles. The van der Waals surface area contributed by atoms with Crippen molar-refractivity contribution < 1.29 is 48.9 Å². The first-order valence-electron chi connectivity index (χ1n) is 8.75. The summed E-state index contributed by atoms with van der Waals surface area (Å²) in [5, 5.41) is 12.0. The molecule has 0 N–H and O–H groups in total. The topological polar surface area (TPSA) is 61.8 Å². The number of fused-ring (bicyclic) bond motifs is 1. The maximum Gasteiger partial charge on any atom is 1.00 e. The van der Waals surface area contributed by atoms with Crippen LogP contribution in [0.25, 0.3) is 0 Å². The van der Waals surface area contributed by atoms with Gasteiger partial charge in [0.05, 0.1) is 24.8 Å². The van der Waals surface area contributed by atoms with Crippen LogP contribution in [0.3, 0.4) is 0 Å². The molecule has 0 atom stereocenters. The van der Waals surface area contributed by atoms with Crippen molar-refractivity contribution in [1.29, 1.82) is 0 Å².